The zero-order chi connectivity index (χ0) is 19.3. The van der Waals surface area contributed by atoms with Crippen LogP contribution in [0.15, 0.2) is 44.5 Å². The van der Waals surface area contributed by atoms with Gasteiger partial charge in [-0.3, -0.25) is 4.79 Å². The van der Waals surface area contributed by atoms with E-state index >= 15 is 0 Å². The lowest BCUT2D eigenvalue weighted by molar-refractivity contribution is -0.116. The Morgan fingerprint density at radius 2 is 1.96 bits per heavy atom. The molecule has 0 bridgehead atoms. The molecule has 4 rings (SSSR count). The first-order valence-corrected chi connectivity index (χ1v) is 11.0. The molecule has 0 aromatic heterocycles. The number of ether oxygens (including phenoxy) is 1. The number of nitrogens with one attached hydrogen (secondary N) is 1. The van der Waals surface area contributed by atoms with Crippen LogP contribution in [0, 0.1) is 0 Å². The summed E-state index contributed by atoms with van der Waals surface area (Å²) < 4.78 is 55.1. The Balaban J connectivity index is 1.86. The van der Waals surface area contributed by atoms with Crippen molar-refractivity contribution < 1.29 is 26.7 Å². The van der Waals surface area contributed by atoms with E-state index in [0.717, 1.165) is 12.1 Å². The fourth-order valence-corrected chi connectivity index (χ4v) is 6.31. The number of halogens is 3. The highest BCUT2D eigenvalue weighted by molar-refractivity contribution is 9.10. The summed E-state index contributed by atoms with van der Waals surface area (Å²) in [6.07, 6.45) is 2.15. The maximum Gasteiger partial charge on any atom is 0.387 e. The molecule has 27 heavy (non-hydrogen) atoms. The number of allylic oxidation sites excluding steroid dienone is 4. The van der Waals surface area contributed by atoms with Gasteiger partial charge in [0, 0.05) is 29.8 Å². The third kappa shape index (κ3) is 3.20. The number of benzene rings is 1. The summed E-state index contributed by atoms with van der Waals surface area (Å²) in [5.74, 6) is -0.834. The molecule has 2 heterocycles. The summed E-state index contributed by atoms with van der Waals surface area (Å²) in [7, 11) is -3.50. The minimum Gasteiger partial charge on any atom is -0.434 e. The maximum atomic E-state index is 12.7. The average molecular weight is 460 g/mol. The highest BCUT2D eigenvalue weighted by atomic mass is 79.9. The quantitative estimate of drug-likeness (QED) is 0.744. The number of Topliss-reactive ketones (excluding diaryl/α,β-unsaturated/α-hetero) is 1. The summed E-state index contributed by atoms with van der Waals surface area (Å²) in [5, 5.41) is 3.18. The standard InChI is InChI=1S/C18H16BrF2NO4S/c19-10-8-9(4-5-14(10)26-18(20)21)15-16-11(2-1-3-13(16)23)22-12-6-7-27(24,25)17(12)15/h4-5,8,15,18,22H,1-3,6-7H2. The molecule has 0 fully saturated rings. The molecule has 9 heteroatoms. The van der Waals surface area contributed by atoms with Crippen LogP contribution in [0.3, 0.4) is 0 Å². The van der Waals surface area contributed by atoms with Crippen molar-refractivity contribution in [3.8, 4) is 5.75 Å². The van der Waals surface area contributed by atoms with E-state index in [1.165, 1.54) is 6.07 Å². The van der Waals surface area contributed by atoms with E-state index < -0.39 is 22.4 Å². The summed E-state index contributed by atoms with van der Waals surface area (Å²) >= 11 is 3.21. The van der Waals surface area contributed by atoms with Crippen LogP contribution in [0.25, 0.3) is 0 Å². The van der Waals surface area contributed by atoms with Gasteiger partial charge in [-0.05, 0) is 46.5 Å². The van der Waals surface area contributed by atoms with Crippen LogP contribution in [0.1, 0.15) is 37.2 Å². The summed E-state index contributed by atoms with van der Waals surface area (Å²) in [6.45, 7) is -2.97. The molecule has 1 aliphatic carbocycles. The Labute approximate surface area is 163 Å². The summed E-state index contributed by atoms with van der Waals surface area (Å²) in [5.41, 5.74) is 2.44. The monoisotopic (exact) mass is 459 g/mol. The van der Waals surface area contributed by atoms with Crippen LogP contribution in [0.4, 0.5) is 8.78 Å². The second-order valence-corrected chi connectivity index (χ2v) is 9.64. The molecular formula is C18H16BrF2NO4S. The van der Waals surface area contributed by atoms with Gasteiger partial charge in [0.15, 0.2) is 15.6 Å². The molecule has 2 aliphatic heterocycles. The molecule has 1 unspecified atom stereocenters. The lowest BCUT2D eigenvalue weighted by atomic mass is 9.79. The van der Waals surface area contributed by atoms with E-state index in [1.807, 2.05) is 0 Å². The first-order chi connectivity index (χ1) is 12.8. The van der Waals surface area contributed by atoms with Gasteiger partial charge < -0.3 is 10.1 Å². The third-order valence-electron chi connectivity index (χ3n) is 5.07. The normalized spacial score (nSPS) is 24.0. The average Bonchev–Trinajstić information content (AvgIpc) is 2.90. The molecule has 1 aromatic rings. The van der Waals surface area contributed by atoms with Crippen molar-refractivity contribution in [1.29, 1.82) is 0 Å². The van der Waals surface area contributed by atoms with Crippen LogP contribution in [0.5, 0.6) is 5.75 Å². The van der Waals surface area contributed by atoms with Gasteiger partial charge in [0.1, 0.15) is 5.75 Å². The summed E-state index contributed by atoms with van der Waals surface area (Å²) in [6, 6.07) is 4.46. The minimum atomic E-state index is -3.50. The fraction of sp³-hybridized carbons (Fsp3) is 0.389. The second kappa shape index (κ2) is 6.70. The second-order valence-electron chi connectivity index (χ2n) is 6.71. The number of carbonyl (C=O) groups excluding carboxylic acids is 1. The molecule has 0 saturated carbocycles. The van der Waals surface area contributed by atoms with Gasteiger partial charge in [-0.15, -0.1) is 0 Å². The number of hydrogen-bond acceptors (Lipinski definition) is 5. The number of sulfone groups is 1. The number of carbonyl (C=O) groups is 1. The van der Waals surface area contributed by atoms with Crippen LogP contribution >= 0.6 is 15.9 Å². The van der Waals surface area contributed by atoms with Gasteiger partial charge in [-0.1, -0.05) is 6.07 Å². The van der Waals surface area contributed by atoms with Crippen LogP contribution < -0.4 is 10.1 Å². The topological polar surface area (TPSA) is 72.5 Å². The number of hydrogen-bond donors (Lipinski definition) is 1. The van der Waals surface area contributed by atoms with Gasteiger partial charge >= 0.3 is 6.61 Å². The Morgan fingerprint density at radius 3 is 2.67 bits per heavy atom. The minimum absolute atomic E-state index is 0.00363. The Hall–Kier alpha value is -1.74. The predicted molar refractivity (Wildman–Crippen MR) is 98.0 cm³/mol. The van der Waals surface area contributed by atoms with Crippen molar-refractivity contribution >= 4 is 31.6 Å². The molecule has 1 atom stereocenters. The Bertz CT molecular complexity index is 1000. The Kier molecular flexibility index (Phi) is 4.62. The van der Waals surface area contributed by atoms with Gasteiger partial charge in [0.25, 0.3) is 0 Å². The number of alkyl halides is 2. The lowest BCUT2D eigenvalue weighted by Gasteiger charge is -2.33. The van der Waals surface area contributed by atoms with Crippen molar-refractivity contribution in [2.45, 2.75) is 38.2 Å². The van der Waals surface area contributed by atoms with E-state index in [0.29, 0.717) is 36.1 Å². The number of ketones is 1. The van der Waals surface area contributed by atoms with Crippen molar-refractivity contribution in [3.63, 3.8) is 0 Å². The van der Waals surface area contributed by atoms with Crippen molar-refractivity contribution in [2.24, 2.45) is 0 Å². The van der Waals surface area contributed by atoms with E-state index in [-0.39, 0.29) is 26.7 Å². The van der Waals surface area contributed by atoms with Crippen molar-refractivity contribution in [3.05, 3.63) is 50.1 Å². The van der Waals surface area contributed by atoms with Crippen molar-refractivity contribution in [2.75, 3.05) is 5.75 Å². The molecule has 3 aliphatic rings. The fourth-order valence-electron chi connectivity index (χ4n) is 3.98. The van der Waals surface area contributed by atoms with E-state index in [2.05, 4.69) is 26.0 Å². The zero-order valence-electron chi connectivity index (χ0n) is 14.1. The van der Waals surface area contributed by atoms with Crippen LogP contribution in [-0.4, -0.2) is 26.6 Å². The number of dihydropyridines is 1. The molecule has 0 spiro atoms. The van der Waals surface area contributed by atoms with Gasteiger partial charge in [-0.25, -0.2) is 8.42 Å². The molecule has 1 aromatic carbocycles. The number of rotatable bonds is 3. The van der Waals surface area contributed by atoms with E-state index in [9.17, 15) is 22.0 Å². The van der Waals surface area contributed by atoms with Gasteiger partial charge in [0.05, 0.1) is 21.0 Å². The molecule has 144 valence electrons. The van der Waals surface area contributed by atoms with Gasteiger partial charge in [0.2, 0.25) is 0 Å². The smallest absolute Gasteiger partial charge is 0.387 e. The summed E-state index contributed by atoms with van der Waals surface area (Å²) in [4.78, 5) is 12.9. The Morgan fingerprint density at radius 1 is 1.19 bits per heavy atom. The first kappa shape index (κ1) is 18.6. The van der Waals surface area contributed by atoms with Crippen LogP contribution in [-0.2, 0) is 14.6 Å². The SMILES string of the molecule is O=C1CCCC2=C1C(c1ccc(OC(F)F)c(Br)c1)C1=C(CCS1(=O)=O)N2. The molecule has 5 nitrogen and oxygen atoms in total. The van der Waals surface area contributed by atoms with Crippen LogP contribution in [0.2, 0.25) is 0 Å². The van der Waals surface area contributed by atoms with E-state index in [4.69, 9.17) is 0 Å². The molecule has 1 N–H and O–H groups in total. The highest BCUT2D eigenvalue weighted by Gasteiger charge is 2.44. The molecule has 0 radical (unpaired) electrons. The zero-order valence-corrected chi connectivity index (χ0v) is 16.5. The molecule has 0 saturated heterocycles. The highest BCUT2D eigenvalue weighted by Crippen LogP contribution is 2.48. The largest absolute Gasteiger partial charge is 0.434 e. The van der Waals surface area contributed by atoms with Crippen molar-refractivity contribution in [1.82, 2.24) is 5.32 Å². The maximum absolute atomic E-state index is 12.7. The first-order valence-electron chi connectivity index (χ1n) is 8.51. The predicted octanol–water partition coefficient (Wildman–Crippen LogP) is 3.77. The molecule has 0 amide bonds. The third-order valence-corrected chi connectivity index (χ3v) is 7.58. The van der Waals surface area contributed by atoms with E-state index in [1.54, 1.807) is 12.1 Å². The molecular weight excluding hydrogens is 444 g/mol. The van der Waals surface area contributed by atoms with Gasteiger partial charge in [-0.2, -0.15) is 8.78 Å². The lowest BCUT2D eigenvalue weighted by Crippen LogP contribution is -2.32.